The number of carbonyl (C=O) groups is 1. The third-order valence-electron chi connectivity index (χ3n) is 5.70. The molecular formula is C23H29N5O2. The van der Waals surface area contributed by atoms with E-state index in [0.717, 1.165) is 40.2 Å². The van der Waals surface area contributed by atoms with Gasteiger partial charge in [0.25, 0.3) is 0 Å². The highest BCUT2D eigenvalue weighted by Crippen LogP contribution is 2.46. The van der Waals surface area contributed by atoms with Gasteiger partial charge in [-0.1, -0.05) is 13.8 Å². The third kappa shape index (κ3) is 3.82. The molecular weight excluding hydrogens is 378 g/mol. The number of hydrogen-bond acceptors (Lipinski definition) is 6. The van der Waals surface area contributed by atoms with E-state index in [0.29, 0.717) is 26.2 Å². The number of fused-ring (bicyclic) bond motifs is 1. The largest absolute Gasteiger partial charge is 0.374 e. The molecule has 3 N–H and O–H groups in total. The lowest BCUT2D eigenvalue weighted by atomic mass is 9.69. The Morgan fingerprint density at radius 2 is 2.23 bits per heavy atom. The molecule has 1 aliphatic carbocycles. The van der Waals surface area contributed by atoms with Crippen molar-refractivity contribution < 1.29 is 9.53 Å². The summed E-state index contributed by atoms with van der Waals surface area (Å²) in [5.41, 5.74) is 11.1. The molecule has 3 heterocycles. The van der Waals surface area contributed by atoms with E-state index < -0.39 is 0 Å². The Morgan fingerprint density at radius 1 is 1.40 bits per heavy atom. The second kappa shape index (κ2) is 8.16. The number of carbonyl (C=O) groups excluding carboxylic acids is 1. The molecule has 0 fully saturated rings. The van der Waals surface area contributed by atoms with Gasteiger partial charge >= 0.3 is 0 Å². The topological polar surface area (TPSA) is 94.0 Å². The SMILES string of the molecule is CN=CC1=C(COCCN)NC2=C(C(=O)CC(C)(C)C2)C1c1ccn2ccnc2c1. The van der Waals surface area contributed by atoms with Crippen LogP contribution in [-0.2, 0) is 9.53 Å². The number of dihydropyridines is 1. The van der Waals surface area contributed by atoms with Gasteiger partial charge < -0.3 is 20.2 Å². The monoisotopic (exact) mass is 407 g/mol. The fourth-order valence-corrected chi connectivity index (χ4v) is 4.49. The Balaban J connectivity index is 1.87. The van der Waals surface area contributed by atoms with Crippen molar-refractivity contribution in [2.45, 2.75) is 32.6 Å². The number of pyridine rings is 1. The van der Waals surface area contributed by atoms with Gasteiger partial charge in [0.2, 0.25) is 0 Å². The molecule has 158 valence electrons. The molecule has 0 bridgehead atoms. The average Bonchev–Trinajstić information content (AvgIpc) is 3.16. The Labute approximate surface area is 176 Å². The van der Waals surface area contributed by atoms with Crippen LogP contribution in [0.3, 0.4) is 0 Å². The second-order valence-electron chi connectivity index (χ2n) is 8.71. The highest BCUT2D eigenvalue weighted by Gasteiger charge is 2.41. The summed E-state index contributed by atoms with van der Waals surface area (Å²) in [6.07, 6.45) is 8.86. The summed E-state index contributed by atoms with van der Waals surface area (Å²) < 4.78 is 7.73. The van der Waals surface area contributed by atoms with Crippen molar-refractivity contribution in [1.29, 1.82) is 0 Å². The lowest BCUT2D eigenvalue weighted by Gasteiger charge is -2.40. The first-order valence-corrected chi connectivity index (χ1v) is 10.3. The number of aromatic nitrogens is 2. The molecule has 7 nitrogen and oxygen atoms in total. The minimum atomic E-state index is -0.202. The first-order chi connectivity index (χ1) is 14.4. The lowest BCUT2D eigenvalue weighted by molar-refractivity contribution is -0.118. The molecule has 4 rings (SSSR count). The molecule has 0 radical (unpaired) electrons. The molecule has 0 aromatic carbocycles. The highest BCUT2D eigenvalue weighted by molar-refractivity contribution is 6.02. The van der Waals surface area contributed by atoms with Crippen LogP contribution in [-0.4, -0.2) is 48.2 Å². The number of nitrogens with two attached hydrogens (primary N) is 1. The van der Waals surface area contributed by atoms with E-state index in [9.17, 15) is 4.79 Å². The molecule has 0 amide bonds. The van der Waals surface area contributed by atoms with Crippen LogP contribution in [0.15, 0.2) is 58.3 Å². The standard InChI is InChI=1S/C23H29N5O2/c1-23(2)11-17-22(19(29)12-23)21(15-4-7-28-8-6-26-20(28)10-15)16(13-25-3)18(27-17)14-30-9-5-24/h4,6-8,10,13,21,27H,5,9,11-12,14,24H2,1-3H3. The van der Waals surface area contributed by atoms with Crippen molar-refractivity contribution in [2.24, 2.45) is 16.1 Å². The van der Waals surface area contributed by atoms with Crippen LogP contribution < -0.4 is 11.1 Å². The van der Waals surface area contributed by atoms with E-state index in [-0.39, 0.29) is 17.1 Å². The van der Waals surface area contributed by atoms with Crippen molar-refractivity contribution in [1.82, 2.24) is 14.7 Å². The van der Waals surface area contributed by atoms with E-state index in [2.05, 4.69) is 41.3 Å². The van der Waals surface area contributed by atoms with Crippen LogP contribution in [0, 0.1) is 5.41 Å². The Hall–Kier alpha value is -2.77. The maximum atomic E-state index is 13.3. The van der Waals surface area contributed by atoms with Gasteiger partial charge in [-0.05, 0) is 29.5 Å². The predicted octanol–water partition coefficient (Wildman–Crippen LogP) is 2.59. The van der Waals surface area contributed by atoms with E-state index in [4.69, 9.17) is 10.5 Å². The summed E-state index contributed by atoms with van der Waals surface area (Å²) in [5, 5.41) is 3.53. The summed E-state index contributed by atoms with van der Waals surface area (Å²) in [6.45, 7) is 5.61. The van der Waals surface area contributed by atoms with Crippen molar-refractivity contribution in [3.8, 4) is 0 Å². The third-order valence-corrected chi connectivity index (χ3v) is 5.70. The van der Waals surface area contributed by atoms with Gasteiger partial charge in [0.15, 0.2) is 5.78 Å². The first kappa shape index (κ1) is 20.5. The van der Waals surface area contributed by atoms with Gasteiger partial charge in [-0.2, -0.15) is 0 Å². The van der Waals surface area contributed by atoms with Gasteiger partial charge in [-0.15, -0.1) is 0 Å². The normalized spacial score (nSPS) is 21.5. The quantitative estimate of drug-likeness (QED) is 0.567. The molecule has 2 aromatic rings. The lowest BCUT2D eigenvalue weighted by Crippen LogP contribution is -2.39. The van der Waals surface area contributed by atoms with Gasteiger partial charge in [-0.3, -0.25) is 9.79 Å². The van der Waals surface area contributed by atoms with Gasteiger partial charge in [0.1, 0.15) is 5.65 Å². The fourth-order valence-electron chi connectivity index (χ4n) is 4.49. The Bertz CT molecular complexity index is 1060. The van der Waals surface area contributed by atoms with Crippen LogP contribution in [0.25, 0.3) is 5.65 Å². The van der Waals surface area contributed by atoms with Gasteiger partial charge in [0, 0.05) is 73.3 Å². The first-order valence-electron chi connectivity index (χ1n) is 10.3. The Kier molecular flexibility index (Phi) is 5.58. The van der Waals surface area contributed by atoms with Crippen molar-refractivity contribution >= 4 is 17.6 Å². The number of nitrogens with one attached hydrogen (secondary N) is 1. The number of ketones is 1. The van der Waals surface area contributed by atoms with Crippen LogP contribution in [0.2, 0.25) is 0 Å². The maximum absolute atomic E-state index is 13.3. The molecule has 7 heteroatoms. The van der Waals surface area contributed by atoms with E-state index in [1.165, 1.54) is 0 Å². The summed E-state index contributed by atoms with van der Waals surface area (Å²) in [4.78, 5) is 22.1. The van der Waals surface area contributed by atoms with Gasteiger partial charge in [0.05, 0.1) is 13.2 Å². The van der Waals surface area contributed by atoms with E-state index >= 15 is 0 Å². The minimum absolute atomic E-state index is 0.0833. The van der Waals surface area contributed by atoms with Crippen molar-refractivity contribution in [2.75, 3.05) is 26.8 Å². The smallest absolute Gasteiger partial charge is 0.162 e. The fraction of sp³-hybridized carbons (Fsp3) is 0.435. The molecule has 1 unspecified atom stereocenters. The minimum Gasteiger partial charge on any atom is -0.374 e. The van der Waals surface area contributed by atoms with Crippen LogP contribution in [0.5, 0.6) is 0 Å². The van der Waals surface area contributed by atoms with Crippen LogP contribution in [0.4, 0.5) is 0 Å². The molecule has 0 spiro atoms. The predicted molar refractivity (Wildman–Crippen MR) is 117 cm³/mol. The summed E-state index contributed by atoms with van der Waals surface area (Å²) >= 11 is 0. The summed E-state index contributed by atoms with van der Waals surface area (Å²) in [6, 6.07) is 4.11. The highest BCUT2D eigenvalue weighted by atomic mass is 16.5. The second-order valence-corrected chi connectivity index (χ2v) is 8.71. The van der Waals surface area contributed by atoms with Crippen molar-refractivity contribution in [3.63, 3.8) is 0 Å². The molecule has 2 aliphatic rings. The molecule has 1 aliphatic heterocycles. The number of imidazole rings is 1. The van der Waals surface area contributed by atoms with Crippen molar-refractivity contribution in [3.05, 3.63) is 58.8 Å². The van der Waals surface area contributed by atoms with E-state index in [1.54, 1.807) is 13.2 Å². The van der Waals surface area contributed by atoms with Crippen LogP contribution >= 0.6 is 0 Å². The molecule has 2 aromatic heterocycles. The van der Waals surface area contributed by atoms with Gasteiger partial charge in [-0.25, -0.2) is 4.98 Å². The number of aliphatic imine (C=N–C) groups is 1. The number of Topliss-reactive ketones (excluding diaryl/α,β-unsaturated/α-hetero) is 1. The molecule has 30 heavy (non-hydrogen) atoms. The van der Waals surface area contributed by atoms with Crippen LogP contribution in [0.1, 0.15) is 38.2 Å². The Morgan fingerprint density at radius 3 is 3.00 bits per heavy atom. The zero-order chi connectivity index (χ0) is 21.3. The van der Waals surface area contributed by atoms with E-state index in [1.807, 2.05) is 23.0 Å². The number of allylic oxidation sites excluding steroid dienone is 3. The molecule has 0 saturated heterocycles. The summed E-state index contributed by atoms with van der Waals surface area (Å²) in [5.74, 6) is -0.0161. The average molecular weight is 408 g/mol. The summed E-state index contributed by atoms with van der Waals surface area (Å²) in [7, 11) is 1.75. The maximum Gasteiger partial charge on any atom is 0.162 e. The zero-order valence-electron chi connectivity index (χ0n) is 17.8. The zero-order valence-corrected chi connectivity index (χ0v) is 17.8. The number of rotatable bonds is 6. The number of ether oxygens (including phenoxy) is 1. The number of hydrogen-bond donors (Lipinski definition) is 2. The molecule has 0 saturated carbocycles. The number of nitrogens with zero attached hydrogens (tertiary/aromatic N) is 3. The molecule has 1 atom stereocenters.